The molecule has 1 aliphatic rings. The molecule has 3 aromatic rings. The lowest BCUT2D eigenvalue weighted by atomic mass is 9.81. The van der Waals surface area contributed by atoms with Crippen LogP contribution in [0.1, 0.15) is 57.6 Å². The number of ether oxygens (including phenoxy) is 1. The molecule has 0 spiro atoms. The number of aromatic amines is 1. The molecule has 1 fully saturated rings. The largest absolute Gasteiger partial charge is 0.444 e. The Morgan fingerprint density at radius 3 is 2.40 bits per heavy atom. The number of aromatic nitrogens is 3. The van der Waals surface area contributed by atoms with E-state index >= 15 is 0 Å². The number of H-pyrrole nitrogens is 1. The summed E-state index contributed by atoms with van der Waals surface area (Å²) < 4.78 is 5.32. The molecule has 10 nitrogen and oxygen atoms in total. The Morgan fingerprint density at radius 1 is 1.07 bits per heavy atom. The van der Waals surface area contributed by atoms with Gasteiger partial charge in [-0.25, -0.2) is 9.89 Å². The van der Waals surface area contributed by atoms with Crippen LogP contribution in [0.25, 0.3) is 11.4 Å². The average molecular weight is 595 g/mol. The van der Waals surface area contributed by atoms with Crippen LogP contribution in [0.5, 0.6) is 0 Å². The number of hydrogen-bond donors (Lipinski definition) is 4. The molecule has 1 atom stereocenters. The molecule has 1 saturated carbocycles. The number of halogens is 1. The Labute approximate surface area is 251 Å². The van der Waals surface area contributed by atoms with Crippen molar-refractivity contribution in [2.45, 2.75) is 71.4 Å². The predicted molar refractivity (Wildman–Crippen MR) is 162 cm³/mol. The van der Waals surface area contributed by atoms with Gasteiger partial charge in [0, 0.05) is 30.1 Å². The van der Waals surface area contributed by atoms with Crippen LogP contribution in [0.4, 0.5) is 10.5 Å². The van der Waals surface area contributed by atoms with Gasteiger partial charge in [-0.05, 0) is 101 Å². The van der Waals surface area contributed by atoms with Gasteiger partial charge in [0.1, 0.15) is 11.6 Å². The molecule has 11 heteroatoms. The third-order valence-corrected chi connectivity index (χ3v) is 7.34. The molecule has 224 valence electrons. The molecule has 0 aliphatic heterocycles. The second kappa shape index (κ2) is 13.8. The Kier molecular flexibility index (Phi) is 10.2. The Balaban J connectivity index is 1.35. The van der Waals surface area contributed by atoms with Crippen LogP contribution in [0.15, 0.2) is 48.5 Å². The molecule has 0 saturated heterocycles. The maximum Gasteiger partial charge on any atom is 0.407 e. The number of hydrogen-bond acceptors (Lipinski definition) is 6. The van der Waals surface area contributed by atoms with Crippen molar-refractivity contribution in [2.75, 3.05) is 11.9 Å². The number of anilines is 1. The lowest BCUT2D eigenvalue weighted by Crippen LogP contribution is -2.48. The molecule has 3 amide bonds. The summed E-state index contributed by atoms with van der Waals surface area (Å²) in [5.74, 6) is 0.122. The summed E-state index contributed by atoms with van der Waals surface area (Å²) in [5, 5.41) is 15.6. The van der Waals surface area contributed by atoms with E-state index in [1.54, 1.807) is 24.3 Å². The van der Waals surface area contributed by atoms with Gasteiger partial charge in [-0.15, -0.1) is 0 Å². The second-order valence-electron chi connectivity index (χ2n) is 11.9. The summed E-state index contributed by atoms with van der Waals surface area (Å²) >= 11 is 5.83. The molecular formula is C31H39ClN6O4. The molecule has 1 aromatic heterocycles. The van der Waals surface area contributed by atoms with Gasteiger partial charge in [0.2, 0.25) is 17.1 Å². The first-order valence-electron chi connectivity index (χ1n) is 14.3. The van der Waals surface area contributed by atoms with Crippen molar-refractivity contribution in [2.24, 2.45) is 11.8 Å². The fraction of sp³-hybridized carbons (Fsp3) is 0.452. The average Bonchev–Trinajstić information content (AvgIpc) is 3.37. The number of amides is 3. The van der Waals surface area contributed by atoms with Crippen LogP contribution in [-0.2, 0) is 20.7 Å². The van der Waals surface area contributed by atoms with Crippen molar-refractivity contribution in [3.8, 4) is 11.4 Å². The molecule has 1 heterocycles. The Bertz CT molecular complexity index is 1380. The van der Waals surface area contributed by atoms with Crippen molar-refractivity contribution in [3.05, 3.63) is 64.9 Å². The molecule has 4 rings (SSSR count). The molecule has 2 aromatic carbocycles. The van der Waals surface area contributed by atoms with Crippen molar-refractivity contribution < 1.29 is 19.1 Å². The van der Waals surface area contributed by atoms with Crippen molar-refractivity contribution in [1.82, 2.24) is 25.8 Å². The fourth-order valence-electron chi connectivity index (χ4n) is 5.05. The number of benzene rings is 2. The van der Waals surface area contributed by atoms with Gasteiger partial charge in [-0.2, -0.15) is 10.1 Å². The van der Waals surface area contributed by atoms with Crippen LogP contribution >= 0.6 is 11.6 Å². The predicted octanol–water partition coefficient (Wildman–Crippen LogP) is 5.43. The summed E-state index contributed by atoms with van der Waals surface area (Å²) in [7, 11) is 0. The molecule has 0 radical (unpaired) electrons. The summed E-state index contributed by atoms with van der Waals surface area (Å²) in [4.78, 5) is 42.9. The first-order valence-corrected chi connectivity index (χ1v) is 14.6. The molecule has 1 aliphatic carbocycles. The number of nitrogens with one attached hydrogen (secondary N) is 4. The van der Waals surface area contributed by atoms with Gasteiger partial charge in [0.25, 0.3) is 0 Å². The van der Waals surface area contributed by atoms with Gasteiger partial charge in [-0.3, -0.25) is 9.59 Å². The second-order valence-corrected chi connectivity index (χ2v) is 12.2. The van der Waals surface area contributed by atoms with Gasteiger partial charge in [0.05, 0.1) is 0 Å². The highest BCUT2D eigenvalue weighted by molar-refractivity contribution is 6.28. The topological polar surface area (TPSA) is 138 Å². The maximum atomic E-state index is 13.5. The highest BCUT2D eigenvalue weighted by atomic mass is 35.5. The smallest absolute Gasteiger partial charge is 0.407 e. The Hall–Kier alpha value is -3.92. The van der Waals surface area contributed by atoms with E-state index in [1.165, 1.54) is 0 Å². The van der Waals surface area contributed by atoms with Gasteiger partial charge >= 0.3 is 6.09 Å². The number of aryl methyl sites for hydroxylation is 1. The minimum Gasteiger partial charge on any atom is -0.444 e. The summed E-state index contributed by atoms with van der Waals surface area (Å²) in [6, 6.07) is 14.3. The summed E-state index contributed by atoms with van der Waals surface area (Å²) in [6.45, 7) is 8.00. The number of alkyl carbamates (subject to hydrolysis) is 1. The fourth-order valence-corrected chi connectivity index (χ4v) is 5.17. The quantitative estimate of drug-likeness (QED) is 0.261. The van der Waals surface area contributed by atoms with E-state index in [4.69, 9.17) is 16.3 Å². The molecule has 1 unspecified atom stereocenters. The van der Waals surface area contributed by atoms with E-state index in [0.29, 0.717) is 37.3 Å². The normalized spacial score (nSPS) is 17.6. The minimum absolute atomic E-state index is 0.127. The van der Waals surface area contributed by atoms with Crippen LogP contribution in [0.2, 0.25) is 5.28 Å². The van der Waals surface area contributed by atoms with Crippen molar-refractivity contribution >= 4 is 35.2 Å². The monoisotopic (exact) mass is 594 g/mol. The molecule has 4 N–H and O–H groups in total. The number of carbonyl (C=O) groups excluding carboxylic acids is 3. The standard InChI is InChI=1S/C31H39ClN6O4/c1-19-6-5-7-21(16-19)17-25(28(40)34-24-14-12-22(13-15-24)26-36-29(32)38-37-26)35-27(39)23-10-8-20(9-11-23)18-33-30(41)42-31(2,3)4/h5-7,12-16,20,23,25H,8-11,17-18H2,1-4H3,(H,33,41)(H,34,40)(H,35,39)(H,36,37,38). The number of nitrogens with zero attached hydrogens (tertiary/aromatic N) is 2. The van der Waals surface area contributed by atoms with Crippen LogP contribution in [-0.4, -0.2) is 51.3 Å². The van der Waals surface area contributed by atoms with E-state index in [0.717, 1.165) is 29.5 Å². The molecule has 42 heavy (non-hydrogen) atoms. The SMILES string of the molecule is Cc1cccc(CC(NC(=O)C2CCC(CNC(=O)OC(C)(C)C)CC2)C(=O)Nc2ccc(-c3n[nH]c(Cl)n3)cc2)c1. The van der Waals surface area contributed by atoms with Crippen molar-refractivity contribution in [3.63, 3.8) is 0 Å². The lowest BCUT2D eigenvalue weighted by Gasteiger charge is -2.29. The third-order valence-electron chi connectivity index (χ3n) is 7.18. The van der Waals surface area contributed by atoms with E-state index < -0.39 is 17.7 Å². The van der Waals surface area contributed by atoms with Gasteiger partial charge < -0.3 is 20.7 Å². The maximum absolute atomic E-state index is 13.5. The first-order chi connectivity index (χ1) is 19.9. The van der Waals surface area contributed by atoms with Crippen molar-refractivity contribution in [1.29, 1.82) is 0 Å². The molecular weight excluding hydrogens is 556 g/mol. The van der Waals surface area contributed by atoms with E-state index in [1.807, 2.05) is 52.0 Å². The minimum atomic E-state index is -0.752. The highest BCUT2D eigenvalue weighted by Gasteiger charge is 2.30. The lowest BCUT2D eigenvalue weighted by molar-refractivity contribution is -0.130. The van der Waals surface area contributed by atoms with E-state index in [2.05, 4.69) is 31.1 Å². The number of carbonyl (C=O) groups is 3. The zero-order valence-electron chi connectivity index (χ0n) is 24.5. The Morgan fingerprint density at radius 2 is 1.79 bits per heavy atom. The first kappa shape index (κ1) is 31.0. The number of rotatable bonds is 9. The zero-order chi connectivity index (χ0) is 30.3. The van der Waals surface area contributed by atoms with Gasteiger partial charge in [0.15, 0.2) is 5.82 Å². The summed E-state index contributed by atoms with van der Waals surface area (Å²) in [5.41, 5.74) is 2.84. The summed E-state index contributed by atoms with van der Waals surface area (Å²) in [6.07, 6.45) is 2.94. The highest BCUT2D eigenvalue weighted by Crippen LogP contribution is 2.29. The van der Waals surface area contributed by atoms with E-state index in [-0.39, 0.29) is 28.9 Å². The van der Waals surface area contributed by atoms with Crippen LogP contribution in [0.3, 0.4) is 0 Å². The zero-order valence-corrected chi connectivity index (χ0v) is 25.3. The van der Waals surface area contributed by atoms with Crippen LogP contribution in [0, 0.1) is 18.8 Å². The van der Waals surface area contributed by atoms with Crippen LogP contribution < -0.4 is 16.0 Å². The van der Waals surface area contributed by atoms with E-state index in [9.17, 15) is 14.4 Å². The molecule has 0 bridgehead atoms. The third kappa shape index (κ3) is 9.30. The van der Waals surface area contributed by atoms with Gasteiger partial charge in [-0.1, -0.05) is 29.8 Å².